The average Bonchev–Trinajstić information content (AvgIpc) is 3.22. The highest BCUT2D eigenvalue weighted by Gasteiger charge is 2.30. The van der Waals surface area contributed by atoms with Crippen molar-refractivity contribution >= 4 is 29.2 Å². The Balaban J connectivity index is 1.91. The number of nitrogens with two attached hydrogens (primary N) is 1. The third-order valence-corrected chi connectivity index (χ3v) is 4.42. The lowest BCUT2D eigenvalue weighted by molar-refractivity contribution is -0.137. The predicted molar refractivity (Wildman–Crippen MR) is 104 cm³/mol. The van der Waals surface area contributed by atoms with Gasteiger partial charge in [-0.2, -0.15) is 0 Å². The molecule has 3 N–H and O–H groups in total. The van der Waals surface area contributed by atoms with Crippen molar-refractivity contribution in [1.82, 2.24) is 10.3 Å². The molecule has 2 aromatic heterocycles. The molecule has 1 unspecified atom stereocenters. The number of furan rings is 1. The Labute approximate surface area is 171 Å². The molecule has 150 valence electrons. The van der Waals surface area contributed by atoms with Crippen LogP contribution in [-0.2, 0) is 16.0 Å². The van der Waals surface area contributed by atoms with Crippen LogP contribution in [0.2, 0.25) is 5.22 Å². The average molecular weight is 416 g/mol. The van der Waals surface area contributed by atoms with E-state index in [0.29, 0.717) is 11.3 Å². The zero-order valence-electron chi connectivity index (χ0n) is 15.7. The second kappa shape index (κ2) is 8.32. The fourth-order valence-electron chi connectivity index (χ4n) is 2.90. The van der Waals surface area contributed by atoms with Gasteiger partial charge in [0.05, 0.1) is 0 Å². The smallest absolute Gasteiger partial charge is 0.290 e. The Morgan fingerprint density at radius 1 is 1.17 bits per heavy atom. The maximum atomic E-state index is 12.9. The second-order valence-corrected chi connectivity index (χ2v) is 6.75. The Hall–Kier alpha value is -3.39. The van der Waals surface area contributed by atoms with Crippen molar-refractivity contribution in [3.8, 4) is 11.3 Å². The zero-order chi connectivity index (χ0) is 21.1. The molecule has 0 saturated carbocycles. The quantitative estimate of drug-likeness (QED) is 0.570. The summed E-state index contributed by atoms with van der Waals surface area (Å²) >= 11 is 5.88. The van der Waals surface area contributed by atoms with Crippen molar-refractivity contribution in [1.29, 1.82) is 0 Å². The lowest BCUT2D eigenvalue weighted by atomic mass is 10.0. The number of amides is 2. The molecule has 0 aliphatic rings. The number of nitrogens with zero attached hydrogens (tertiary/aromatic N) is 1. The molecule has 0 spiro atoms. The molecule has 8 nitrogen and oxygen atoms in total. The van der Waals surface area contributed by atoms with Gasteiger partial charge in [-0.15, -0.1) is 0 Å². The number of ketones is 1. The molecule has 29 heavy (non-hydrogen) atoms. The number of hydrogen-bond donors (Lipinski definition) is 2. The van der Waals surface area contributed by atoms with E-state index in [9.17, 15) is 14.4 Å². The number of benzene rings is 1. The van der Waals surface area contributed by atoms with E-state index >= 15 is 0 Å². The monoisotopic (exact) mass is 415 g/mol. The molecule has 0 fully saturated rings. The van der Waals surface area contributed by atoms with E-state index in [4.69, 9.17) is 26.2 Å². The number of aryl methyl sites for hydroxylation is 2. The summed E-state index contributed by atoms with van der Waals surface area (Å²) in [5, 5.41) is 2.66. The van der Waals surface area contributed by atoms with Gasteiger partial charge in [-0.3, -0.25) is 14.4 Å². The number of rotatable bonds is 7. The standard InChI is InChI=1S/C20H18ClN3O5/c1-10-13(9-15(21)28-10)16-18(29-11(2)23-16)20(27)24-14(17(25)19(22)26)8-12-6-4-3-5-7-12/h3-7,9,14H,8H2,1-2H3,(H2,22,26)(H,24,27). The maximum absolute atomic E-state index is 12.9. The van der Waals surface area contributed by atoms with Gasteiger partial charge in [-0.05, 0) is 24.1 Å². The number of halogens is 1. The Bertz CT molecular complexity index is 1070. The zero-order valence-corrected chi connectivity index (χ0v) is 16.4. The number of Topliss-reactive ketones (excluding diaryl/α,β-unsaturated/α-hetero) is 1. The van der Waals surface area contributed by atoms with Crippen LogP contribution in [0.5, 0.6) is 0 Å². The number of primary amides is 1. The highest BCUT2D eigenvalue weighted by atomic mass is 35.5. The summed E-state index contributed by atoms with van der Waals surface area (Å²) in [6.45, 7) is 3.25. The largest absolute Gasteiger partial charge is 0.449 e. The van der Waals surface area contributed by atoms with Crippen molar-refractivity contribution in [2.75, 3.05) is 0 Å². The highest BCUT2D eigenvalue weighted by molar-refractivity contribution is 6.38. The summed E-state index contributed by atoms with van der Waals surface area (Å²) in [5.41, 5.74) is 6.60. The van der Waals surface area contributed by atoms with Gasteiger partial charge in [-0.25, -0.2) is 4.98 Å². The summed E-state index contributed by atoms with van der Waals surface area (Å²) in [7, 11) is 0. The normalized spacial score (nSPS) is 11.8. The van der Waals surface area contributed by atoms with Gasteiger partial charge in [-0.1, -0.05) is 30.3 Å². The van der Waals surface area contributed by atoms with Crippen LogP contribution < -0.4 is 11.1 Å². The number of oxazole rings is 1. The molecule has 0 bridgehead atoms. The maximum Gasteiger partial charge on any atom is 0.290 e. The van der Waals surface area contributed by atoms with Gasteiger partial charge in [0.25, 0.3) is 11.8 Å². The molecular weight excluding hydrogens is 398 g/mol. The van der Waals surface area contributed by atoms with Crippen LogP contribution in [0.4, 0.5) is 0 Å². The predicted octanol–water partition coefficient (Wildman–Crippen LogP) is 2.60. The molecule has 2 heterocycles. The minimum absolute atomic E-state index is 0.0906. The molecule has 3 rings (SSSR count). The molecule has 0 radical (unpaired) electrons. The van der Waals surface area contributed by atoms with Crippen molar-refractivity contribution in [2.45, 2.75) is 26.3 Å². The molecule has 9 heteroatoms. The Morgan fingerprint density at radius 2 is 1.86 bits per heavy atom. The fraction of sp³-hybridized carbons (Fsp3) is 0.200. The lowest BCUT2D eigenvalue weighted by Gasteiger charge is -2.15. The Kier molecular flexibility index (Phi) is 5.84. The third-order valence-electron chi connectivity index (χ3n) is 4.23. The van der Waals surface area contributed by atoms with Crippen LogP contribution in [0.15, 0.2) is 45.2 Å². The van der Waals surface area contributed by atoms with Crippen LogP contribution in [-0.4, -0.2) is 28.6 Å². The van der Waals surface area contributed by atoms with E-state index in [0.717, 1.165) is 5.56 Å². The Morgan fingerprint density at radius 3 is 2.45 bits per heavy atom. The minimum Gasteiger partial charge on any atom is -0.449 e. The van der Waals surface area contributed by atoms with Crippen LogP contribution in [0.3, 0.4) is 0 Å². The molecule has 0 aliphatic heterocycles. The first-order valence-corrected chi connectivity index (χ1v) is 9.06. The van der Waals surface area contributed by atoms with Gasteiger partial charge in [0.15, 0.2) is 11.1 Å². The third kappa shape index (κ3) is 4.55. The van der Waals surface area contributed by atoms with Gasteiger partial charge in [0.2, 0.25) is 11.5 Å². The SMILES string of the molecule is Cc1nc(-c2cc(Cl)oc2C)c(C(=O)NC(Cc2ccccc2)C(=O)C(N)=O)o1. The molecule has 3 aromatic rings. The van der Waals surface area contributed by atoms with Crippen LogP contribution >= 0.6 is 11.6 Å². The van der Waals surface area contributed by atoms with Crippen molar-refractivity contribution in [2.24, 2.45) is 5.73 Å². The first kappa shape index (κ1) is 20.3. The summed E-state index contributed by atoms with van der Waals surface area (Å²) in [6.07, 6.45) is 0.0906. The number of nitrogens with one attached hydrogen (secondary N) is 1. The van der Waals surface area contributed by atoms with E-state index in [1.807, 2.05) is 6.07 Å². The molecule has 1 aromatic carbocycles. The van der Waals surface area contributed by atoms with E-state index in [1.54, 1.807) is 38.1 Å². The van der Waals surface area contributed by atoms with Crippen LogP contribution in [0.25, 0.3) is 11.3 Å². The van der Waals surface area contributed by atoms with Crippen LogP contribution in [0, 0.1) is 13.8 Å². The van der Waals surface area contributed by atoms with E-state index in [1.165, 1.54) is 6.07 Å². The summed E-state index contributed by atoms with van der Waals surface area (Å²) in [6, 6.07) is 9.28. The highest BCUT2D eigenvalue weighted by Crippen LogP contribution is 2.31. The van der Waals surface area contributed by atoms with E-state index in [-0.39, 0.29) is 29.0 Å². The lowest BCUT2D eigenvalue weighted by Crippen LogP contribution is -2.47. The van der Waals surface area contributed by atoms with Gasteiger partial charge in [0, 0.05) is 25.0 Å². The molecule has 1 atom stereocenters. The van der Waals surface area contributed by atoms with Gasteiger partial charge < -0.3 is 19.9 Å². The molecular formula is C20H18ClN3O5. The second-order valence-electron chi connectivity index (χ2n) is 6.38. The van der Waals surface area contributed by atoms with Gasteiger partial charge >= 0.3 is 0 Å². The van der Waals surface area contributed by atoms with Crippen molar-refractivity contribution in [3.63, 3.8) is 0 Å². The molecule has 2 amide bonds. The van der Waals surface area contributed by atoms with E-state index in [2.05, 4.69) is 10.3 Å². The number of carbonyl (C=O) groups excluding carboxylic acids is 3. The van der Waals surface area contributed by atoms with Crippen molar-refractivity contribution in [3.05, 3.63) is 64.6 Å². The topological polar surface area (TPSA) is 128 Å². The summed E-state index contributed by atoms with van der Waals surface area (Å²) < 4.78 is 10.7. The number of aromatic nitrogens is 1. The summed E-state index contributed by atoms with van der Waals surface area (Å²) in [5.74, 6) is -2.21. The number of hydrogen-bond acceptors (Lipinski definition) is 6. The molecule has 0 aliphatic carbocycles. The summed E-state index contributed by atoms with van der Waals surface area (Å²) in [4.78, 5) is 40.8. The first-order valence-electron chi connectivity index (χ1n) is 8.68. The fourth-order valence-corrected chi connectivity index (χ4v) is 3.12. The van der Waals surface area contributed by atoms with Crippen molar-refractivity contribution < 1.29 is 23.2 Å². The van der Waals surface area contributed by atoms with Crippen LogP contribution in [0.1, 0.15) is 27.8 Å². The first-order chi connectivity index (χ1) is 13.8. The van der Waals surface area contributed by atoms with E-state index < -0.39 is 23.6 Å². The molecule has 0 saturated heterocycles. The number of carbonyl (C=O) groups is 3. The van der Waals surface area contributed by atoms with Gasteiger partial charge in [0.1, 0.15) is 17.5 Å². The minimum atomic E-state index is -1.16.